The Hall–Kier alpha value is -1.29. The Kier molecular flexibility index (Phi) is 4.22. The highest BCUT2D eigenvalue weighted by Gasteiger charge is 2.26. The maximum absolute atomic E-state index is 12.1. The fourth-order valence-corrected chi connectivity index (χ4v) is 2.55. The van der Waals surface area contributed by atoms with Crippen molar-refractivity contribution < 1.29 is 13.5 Å². The highest BCUT2D eigenvalue weighted by molar-refractivity contribution is 7.89. The van der Waals surface area contributed by atoms with Gasteiger partial charge in [-0.15, -0.1) is 0 Å². The van der Waals surface area contributed by atoms with Gasteiger partial charge in [-0.3, -0.25) is 5.43 Å². The van der Waals surface area contributed by atoms with Gasteiger partial charge in [0.1, 0.15) is 4.90 Å². The van der Waals surface area contributed by atoms with Crippen LogP contribution >= 0.6 is 0 Å². The molecule has 102 valence electrons. The lowest BCUT2D eigenvalue weighted by Gasteiger charge is -2.24. The number of hydrogen-bond donors (Lipinski definition) is 3. The molecular formula is C9H17N5O3S. The van der Waals surface area contributed by atoms with Crippen LogP contribution in [0, 0.1) is 0 Å². The maximum atomic E-state index is 12.1. The third-order valence-corrected chi connectivity index (χ3v) is 3.83. The van der Waals surface area contributed by atoms with Gasteiger partial charge >= 0.3 is 0 Å². The van der Waals surface area contributed by atoms with Crippen LogP contribution in [-0.2, 0) is 10.0 Å². The number of nitrogens with zero attached hydrogens (tertiary/aromatic N) is 3. The smallest absolute Gasteiger partial charge is 0.245 e. The summed E-state index contributed by atoms with van der Waals surface area (Å²) in [5, 5.41) is 9.62. The van der Waals surface area contributed by atoms with Crippen LogP contribution in [0.4, 0.5) is 5.95 Å². The molecule has 1 aromatic rings. The number of likely N-dealkylation sites (N-methyl/N-ethyl adjacent to an activating group) is 1. The molecule has 0 aliphatic rings. The number of aromatic nitrogens is 2. The van der Waals surface area contributed by atoms with E-state index in [1.165, 1.54) is 20.9 Å². The lowest BCUT2D eigenvalue weighted by atomic mass is 10.1. The van der Waals surface area contributed by atoms with Crippen molar-refractivity contribution in [3.05, 3.63) is 12.4 Å². The van der Waals surface area contributed by atoms with Gasteiger partial charge in [-0.1, -0.05) is 0 Å². The van der Waals surface area contributed by atoms with Gasteiger partial charge in [-0.25, -0.2) is 24.2 Å². The first-order valence-electron chi connectivity index (χ1n) is 5.14. The standard InChI is InChI=1S/C9H17N5O3S/c1-9(2,15)6-14(3)18(16,17)7-4-11-8(13-10)12-5-7/h4-5,15H,6,10H2,1-3H3,(H,11,12,13). The molecular weight excluding hydrogens is 258 g/mol. The number of nitrogens with two attached hydrogens (primary N) is 1. The molecule has 1 heterocycles. The zero-order valence-electron chi connectivity index (χ0n) is 10.5. The van der Waals surface area contributed by atoms with Gasteiger partial charge in [0.25, 0.3) is 0 Å². The van der Waals surface area contributed by atoms with Gasteiger partial charge in [-0.05, 0) is 13.8 Å². The Balaban J connectivity index is 2.98. The van der Waals surface area contributed by atoms with Crippen molar-refractivity contribution in [2.75, 3.05) is 19.0 Å². The Morgan fingerprint density at radius 3 is 2.33 bits per heavy atom. The minimum absolute atomic E-state index is 0.0355. The van der Waals surface area contributed by atoms with E-state index in [2.05, 4.69) is 15.4 Å². The third-order valence-electron chi connectivity index (χ3n) is 2.08. The Morgan fingerprint density at radius 2 is 1.94 bits per heavy atom. The highest BCUT2D eigenvalue weighted by Crippen LogP contribution is 2.15. The van der Waals surface area contributed by atoms with Gasteiger partial charge in [0.05, 0.1) is 18.0 Å². The van der Waals surface area contributed by atoms with E-state index in [0.29, 0.717) is 0 Å². The first-order valence-corrected chi connectivity index (χ1v) is 6.58. The summed E-state index contributed by atoms with van der Waals surface area (Å²) in [5.74, 6) is 5.21. The normalized spacial score (nSPS) is 12.8. The average Bonchev–Trinajstić information content (AvgIpc) is 2.27. The average molecular weight is 275 g/mol. The number of nitrogens with one attached hydrogen (secondary N) is 1. The Morgan fingerprint density at radius 1 is 1.44 bits per heavy atom. The molecule has 0 saturated carbocycles. The van der Waals surface area contributed by atoms with Crippen molar-refractivity contribution >= 4 is 16.0 Å². The monoisotopic (exact) mass is 275 g/mol. The molecule has 0 saturated heterocycles. The molecule has 0 amide bonds. The largest absolute Gasteiger partial charge is 0.389 e. The summed E-state index contributed by atoms with van der Waals surface area (Å²) in [6, 6.07) is 0. The fraction of sp³-hybridized carbons (Fsp3) is 0.556. The second kappa shape index (κ2) is 5.14. The lowest BCUT2D eigenvalue weighted by molar-refractivity contribution is 0.0640. The molecule has 1 aromatic heterocycles. The van der Waals surface area contributed by atoms with E-state index in [9.17, 15) is 13.5 Å². The van der Waals surface area contributed by atoms with Gasteiger partial charge in [0.15, 0.2) is 0 Å². The minimum Gasteiger partial charge on any atom is -0.389 e. The van der Waals surface area contributed by atoms with E-state index in [1.54, 1.807) is 0 Å². The van der Waals surface area contributed by atoms with E-state index < -0.39 is 15.6 Å². The molecule has 18 heavy (non-hydrogen) atoms. The number of aliphatic hydroxyl groups is 1. The topological polar surface area (TPSA) is 121 Å². The van der Waals surface area contributed by atoms with Crippen LogP contribution in [0.5, 0.6) is 0 Å². The summed E-state index contributed by atoms with van der Waals surface area (Å²) in [4.78, 5) is 7.39. The third kappa shape index (κ3) is 3.60. The molecule has 0 aliphatic carbocycles. The quantitative estimate of drug-likeness (QED) is 0.473. The van der Waals surface area contributed by atoms with E-state index in [-0.39, 0.29) is 17.4 Å². The summed E-state index contributed by atoms with van der Waals surface area (Å²) in [6.07, 6.45) is 2.30. The molecule has 0 bridgehead atoms. The van der Waals surface area contributed by atoms with Gasteiger partial charge < -0.3 is 5.11 Å². The van der Waals surface area contributed by atoms with Gasteiger partial charge in [0.2, 0.25) is 16.0 Å². The van der Waals surface area contributed by atoms with Gasteiger partial charge in [-0.2, -0.15) is 4.31 Å². The van der Waals surface area contributed by atoms with Crippen molar-refractivity contribution in [1.29, 1.82) is 0 Å². The highest BCUT2D eigenvalue weighted by atomic mass is 32.2. The number of anilines is 1. The Bertz CT molecular complexity index is 494. The molecule has 1 rings (SSSR count). The van der Waals surface area contributed by atoms with E-state index >= 15 is 0 Å². The molecule has 9 heteroatoms. The minimum atomic E-state index is -3.72. The molecule has 0 fully saturated rings. The van der Waals surface area contributed by atoms with Crippen molar-refractivity contribution in [2.24, 2.45) is 5.84 Å². The van der Waals surface area contributed by atoms with Crippen LogP contribution in [-0.4, -0.2) is 47.0 Å². The molecule has 0 aliphatic heterocycles. The number of nitrogen functional groups attached to an aromatic ring is 1. The first kappa shape index (κ1) is 14.8. The summed E-state index contributed by atoms with van der Waals surface area (Å²) < 4.78 is 25.2. The molecule has 8 nitrogen and oxygen atoms in total. The van der Waals surface area contributed by atoms with Crippen LogP contribution < -0.4 is 11.3 Å². The molecule has 4 N–H and O–H groups in total. The van der Waals surface area contributed by atoms with Crippen molar-refractivity contribution in [2.45, 2.75) is 24.3 Å². The van der Waals surface area contributed by atoms with Crippen LogP contribution in [0.25, 0.3) is 0 Å². The number of sulfonamides is 1. The molecule has 0 atom stereocenters. The van der Waals surface area contributed by atoms with Crippen molar-refractivity contribution in [3.63, 3.8) is 0 Å². The van der Waals surface area contributed by atoms with Crippen molar-refractivity contribution in [3.8, 4) is 0 Å². The molecule has 0 aromatic carbocycles. The summed E-state index contributed by atoms with van der Waals surface area (Å²) in [6.45, 7) is 3.01. The zero-order chi connectivity index (χ0) is 14.0. The van der Waals surface area contributed by atoms with Crippen LogP contribution in [0.2, 0.25) is 0 Å². The second-order valence-corrected chi connectivity index (χ2v) is 6.51. The van der Waals surface area contributed by atoms with E-state index in [4.69, 9.17) is 5.84 Å². The fourth-order valence-electron chi connectivity index (χ4n) is 1.33. The van der Waals surface area contributed by atoms with E-state index in [1.807, 2.05) is 0 Å². The predicted octanol–water partition coefficient (Wildman–Crippen LogP) is -0.846. The summed E-state index contributed by atoms with van der Waals surface area (Å²) in [5.41, 5.74) is 1.08. The molecule has 0 radical (unpaired) electrons. The summed E-state index contributed by atoms with van der Waals surface area (Å²) >= 11 is 0. The predicted molar refractivity (Wildman–Crippen MR) is 66.0 cm³/mol. The number of hydrogen-bond acceptors (Lipinski definition) is 7. The maximum Gasteiger partial charge on any atom is 0.245 e. The summed E-state index contributed by atoms with van der Waals surface area (Å²) in [7, 11) is -2.34. The lowest BCUT2D eigenvalue weighted by Crippen LogP contribution is -2.39. The SMILES string of the molecule is CN(CC(C)(C)O)S(=O)(=O)c1cnc(NN)nc1. The molecule has 0 spiro atoms. The van der Waals surface area contributed by atoms with Crippen LogP contribution in [0.1, 0.15) is 13.8 Å². The van der Waals surface area contributed by atoms with Crippen LogP contribution in [0.3, 0.4) is 0 Å². The van der Waals surface area contributed by atoms with Crippen molar-refractivity contribution in [1.82, 2.24) is 14.3 Å². The van der Waals surface area contributed by atoms with E-state index in [0.717, 1.165) is 16.7 Å². The second-order valence-electron chi connectivity index (χ2n) is 4.46. The number of hydrazine groups is 1. The van der Waals surface area contributed by atoms with Crippen LogP contribution in [0.15, 0.2) is 17.3 Å². The zero-order valence-corrected chi connectivity index (χ0v) is 11.3. The number of rotatable bonds is 5. The Labute approximate surface area is 106 Å². The first-order chi connectivity index (χ1) is 8.16. The molecule has 0 unspecified atom stereocenters. The van der Waals surface area contributed by atoms with Gasteiger partial charge in [0, 0.05) is 13.6 Å².